The van der Waals surface area contributed by atoms with E-state index in [-0.39, 0.29) is 0 Å². The SMILES string of the molecule is c1ccc(C2=Nc3ccccc3C2(c2ccc(-c3ccccc3)cc2)c2ccc3c(c2)N=C(c2ccccc2)C32c3ccccc3-c3ccccc32)cc1. The van der Waals surface area contributed by atoms with Crippen molar-refractivity contribution in [1.82, 2.24) is 0 Å². The maximum atomic E-state index is 5.70. The molecule has 0 N–H and O–H groups in total. The molecule has 0 radical (unpaired) electrons. The van der Waals surface area contributed by atoms with Crippen LogP contribution in [0.15, 0.2) is 216 Å². The van der Waals surface area contributed by atoms with Crippen LogP contribution in [0.25, 0.3) is 22.3 Å². The van der Waals surface area contributed by atoms with Gasteiger partial charge in [-0.15, -0.1) is 0 Å². The van der Waals surface area contributed by atoms with Crippen molar-refractivity contribution in [1.29, 1.82) is 0 Å². The second-order valence-electron chi connectivity index (χ2n) is 14.4. The highest BCUT2D eigenvalue weighted by Crippen LogP contribution is 2.60. The second-order valence-corrected chi connectivity index (χ2v) is 14.4. The van der Waals surface area contributed by atoms with Crippen LogP contribution in [0.4, 0.5) is 11.4 Å². The Kier molecular flexibility index (Phi) is 6.72. The van der Waals surface area contributed by atoms with E-state index in [0.717, 1.165) is 39.5 Å². The Bertz CT molecular complexity index is 2750. The number of nitrogens with zero attached hydrogens (tertiary/aromatic N) is 2. The third kappa shape index (κ3) is 4.17. The third-order valence-electron chi connectivity index (χ3n) is 11.8. The highest BCUT2D eigenvalue weighted by atomic mass is 14.9. The number of para-hydroxylation sites is 1. The summed E-state index contributed by atoms with van der Waals surface area (Å²) >= 11 is 0. The molecule has 1 spiro atoms. The Balaban J connectivity index is 1.20. The molecule has 8 aromatic rings. The van der Waals surface area contributed by atoms with Crippen LogP contribution < -0.4 is 0 Å². The summed E-state index contributed by atoms with van der Waals surface area (Å²) in [5.41, 5.74) is 17.3. The minimum Gasteiger partial charge on any atom is -0.251 e. The number of rotatable bonds is 5. The van der Waals surface area contributed by atoms with Crippen LogP contribution >= 0.6 is 0 Å². The van der Waals surface area contributed by atoms with Gasteiger partial charge in [0, 0.05) is 0 Å². The van der Waals surface area contributed by atoms with E-state index < -0.39 is 10.8 Å². The molecule has 0 amide bonds. The summed E-state index contributed by atoms with van der Waals surface area (Å²) in [6.45, 7) is 0. The molecule has 54 heavy (non-hydrogen) atoms. The van der Waals surface area contributed by atoms with Crippen molar-refractivity contribution >= 4 is 22.8 Å². The van der Waals surface area contributed by atoms with Gasteiger partial charge in [-0.05, 0) is 78.9 Å². The highest BCUT2D eigenvalue weighted by molar-refractivity contribution is 6.21. The van der Waals surface area contributed by atoms with Crippen molar-refractivity contribution in [2.75, 3.05) is 0 Å². The summed E-state index contributed by atoms with van der Waals surface area (Å²) in [6.07, 6.45) is 0. The molecule has 252 valence electrons. The molecule has 3 aliphatic rings. The molecule has 2 heteroatoms. The first kappa shape index (κ1) is 30.7. The number of fused-ring (bicyclic) bond motifs is 8. The molecule has 0 saturated carbocycles. The van der Waals surface area contributed by atoms with Crippen molar-refractivity contribution < 1.29 is 0 Å². The van der Waals surface area contributed by atoms with Gasteiger partial charge in [-0.25, -0.2) is 0 Å². The average molecular weight is 687 g/mol. The predicted molar refractivity (Wildman–Crippen MR) is 222 cm³/mol. The van der Waals surface area contributed by atoms with Gasteiger partial charge in [-0.1, -0.05) is 194 Å². The molecule has 0 fully saturated rings. The molecule has 1 atom stereocenters. The molecular formula is C52H34N2. The van der Waals surface area contributed by atoms with Crippen molar-refractivity contribution in [2.45, 2.75) is 10.8 Å². The summed E-state index contributed by atoms with van der Waals surface area (Å²) in [5, 5.41) is 0. The maximum Gasteiger partial charge on any atom is 0.0912 e. The summed E-state index contributed by atoms with van der Waals surface area (Å²) in [5.74, 6) is 0. The minimum atomic E-state index is -0.689. The van der Waals surface area contributed by atoms with Crippen molar-refractivity contribution in [2.24, 2.45) is 9.98 Å². The predicted octanol–water partition coefficient (Wildman–Crippen LogP) is 12.3. The minimum absolute atomic E-state index is 0.545. The van der Waals surface area contributed by atoms with Crippen molar-refractivity contribution in [3.05, 3.63) is 251 Å². The molecule has 0 saturated heterocycles. The Morgan fingerprint density at radius 1 is 0.278 bits per heavy atom. The van der Waals surface area contributed by atoms with Crippen LogP contribution in [0, 0.1) is 0 Å². The summed E-state index contributed by atoms with van der Waals surface area (Å²) in [7, 11) is 0. The summed E-state index contributed by atoms with van der Waals surface area (Å²) < 4.78 is 0. The Hall–Kier alpha value is -6.90. The number of aliphatic imine (C=N–C) groups is 2. The average Bonchev–Trinajstić information content (AvgIpc) is 3.89. The van der Waals surface area contributed by atoms with Crippen LogP contribution in [-0.2, 0) is 10.8 Å². The number of hydrogen-bond acceptors (Lipinski definition) is 2. The fourth-order valence-corrected chi connectivity index (χ4v) is 9.56. The van der Waals surface area contributed by atoms with Crippen LogP contribution in [0.3, 0.4) is 0 Å². The van der Waals surface area contributed by atoms with E-state index in [4.69, 9.17) is 9.98 Å². The van der Waals surface area contributed by atoms with E-state index in [1.165, 1.54) is 50.1 Å². The van der Waals surface area contributed by atoms with Crippen LogP contribution in [0.5, 0.6) is 0 Å². The van der Waals surface area contributed by atoms with E-state index in [0.29, 0.717) is 0 Å². The first-order valence-electron chi connectivity index (χ1n) is 18.7. The third-order valence-corrected chi connectivity index (χ3v) is 11.8. The first-order chi connectivity index (χ1) is 26.8. The monoisotopic (exact) mass is 686 g/mol. The topological polar surface area (TPSA) is 24.7 Å². The summed E-state index contributed by atoms with van der Waals surface area (Å²) in [6, 6.07) is 74.7. The lowest BCUT2D eigenvalue weighted by Gasteiger charge is -2.35. The maximum absolute atomic E-state index is 5.70. The normalized spacial score (nSPS) is 17.0. The number of benzene rings is 8. The van der Waals surface area contributed by atoms with Crippen LogP contribution in [0.1, 0.15) is 44.5 Å². The van der Waals surface area contributed by atoms with Crippen molar-refractivity contribution in [3.63, 3.8) is 0 Å². The van der Waals surface area contributed by atoms with Gasteiger partial charge in [0.15, 0.2) is 0 Å². The quantitative estimate of drug-likeness (QED) is 0.172. The van der Waals surface area contributed by atoms with Crippen LogP contribution in [0.2, 0.25) is 0 Å². The molecule has 1 aliphatic carbocycles. The van der Waals surface area contributed by atoms with Gasteiger partial charge in [0.25, 0.3) is 0 Å². The van der Waals surface area contributed by atoms with E-state index in [2.05, 4.69) is 206 Å². The van der Waals surface area contributed by atoms with E-state index in [1.807, 2.05) is 0 Å². The summed E-state index contributed by atoms with van der Waals surface area (Å²) in [4.78, 5) is 11.2. The molecule has 1 unspecified atom stereocenters. The lowest BCUT2D eigenvalue weighted by atomic mass is 9.64. The van der Waals surface area contributed by atoms with Gasteiger partial charge in [-0.2, -0.15) is 0 Å². The van der Waals surface area contributed by atoms with E-state index in [9.17, 15) is 0 Å². The van der Waals surface area contributed by atoms with Gasteiger partial charge < -0.3 is 0 Å². The zero-order valence-corrected chi connectivity index (χ0v) is 29.5. The molecule has 2 nitrogen and oxygen atoms in total. The second kappa shape index (κ2) is 11.8. The molecular weight excluding hydrogens is 653 g/mol. The highest BCUT2D eigenvalue weighted by Gasteiger charge is 2.54. The molecule has 0 bridgehead atoms. The molecule has 8 aromatic carbocycles. The van der Waals surface area contributed by atoms with Gasteiger partial charge in [-0.3, -0.25) is 9.98 Å². The molecule has 2 aliphatic heterocycles. The molecule has 11 rings (SSSR count). The zero-order chi connectivity index (χ0) is 35.7. The van der Waals surface area contributed by atoms with E-state index in [1.54, 1.807) is 0 Å². The standard InChI is InChI=1S/C52H34N2/c1-4-16-35(17-5-1)36-28-30-39(31-29-36)51(45-26-14-15-27-47(45)53-49(51)37-18-6-2-7-19-37)40-32-33-46-48(34-40)54-50(38-20-8-3-9-21-38)52(46)43-24-12-10-22-41(43)42-23-11-13-25-44(42)52/h1-34H. The first-order valence-corrected chi connectivity index (χ1v) is 18.7. The Morgan fingerprint density at radius 2 is 0.704 bits per heavy atom. The largest absolute Gasteiger partial charge is 0.251 e. The Labute approximate surface area is 315 Å². The lowest BCUT2D eigenvalue weighted by Crippen LogP contribution is -2.37. The number of hydrogen-bond donors (Lipinski definition) is 0. The fraction of sp³-hybridized carbons (Fsp3) is 0.0385. The fourth-order valence-electron chi connectivity index (χ4n) is 9.56. The molecule has 2 heterocycles. The van der Waals surface area contributed by atoms with Crippen LogP contribution in [-0.4, -0.2) is 11.4 Å². The smallest absolute Gasteiger partial charge is 0.0912 e. The zero-order valence-electron chi connectivity index (χ0n) is 29.5. The van der Waals surface area contributed by atoms with Gasteiger partial charge in [0.2, 0.25) is 0 Å². The lowest BCUT2D eigenvalue weighted by molar-refractivity contribution is 0.843. The van der Waals surface area contributed by atoms with Gasteiger partial charge >= 0.3 is 0 Å². The Morgan fingerprint density at radius 3 is 1.31 bits per heavy atom. The van der Waals surface area contributed by atoms with E-state index >= 15 is 0 Å². The van der Waals surface area contributed by atoms with Gasteiger partial charge in [0.05, 0.1) is 33.6 Å². The van der Waals surface area contributed by atoms with Gasteiger partial charge in [0.1, 0.15) is 0 Å². The van der Waals surface area contributed by atoms with Crippen molar-refractivity contribution in [3.8, 4) is 22.3 Å². The molecule has 0 aromatic heterocycles.